The molecular weight excluding hydrogens is 306 g/mol. The fraction of sp³-hybridized carbons (Fsp3) is 0.579. The van der Waals surface area contributed by atoms with Crippen LogP contribution in [0.3, 0.4) is 0 Å². The summed E-state index contributed by atoms with van der Waals surface area (Å²) in [5.41, 5.74) is 0.585. The average molecular weight is 331 g/mol. The maximum Gasteiger partial charge on any atom is 0.326 e. The van der Waals surface area contributed by atoms with Crippen LogP contribution in [0.15, 0.2) is 30.3 Å². The molecule has 0 spiro atoms. The van der Waals surface area contributed by atoms with E-state index in [1.165, 1.54) is 12.7 Å². The van der Waals surface area contributed by atoms with E-state index in [4.69, 9.17) is 9.47 Å². The molecule has 0 aromatic heterocycles. The normalized spacial score (nSPS) is 28.8. The second-order valence-corrected chi connectivity index (χ2v) is 6.72. The molecule has 2 aliphatic heterocycles. The van der Waals surface area contributed by atoms with Gasteiger partial charge in [0, 0.05) is 19.0 Å². The quantitative estimate of drug-likeness (QED) is 0.750. The smallest absolute Gasteiger partial charge is 0.326 e. The van der Waals surface area contributed by atoms with E-state index in [0.29, 0.717) is 26.0 Å². The SMILES string of the molecule is CCOC(=O)CC1CC2(C(=O)OC)CCC1N2Cc1ccccc1. The Morgan fingerprint density at radius 2 is 2.04 bits per heavy atom. The fourth-order valence-electron chi connectivity index (χ4n) is 4.47. The van der Waals surface area contributed by atoms with Crippen LogP contribution in [0.1, 0.15) is 38.2 Å². The number of hydrogen-bond acceptors (Lipinski definition) is 5. The summed E-state index contributed by atoms with van der Waals surface area (Å²) in [6, 6.07) is 10.4. The maximum absolute atomic E-state index is 12.6. The van der Waals surface area contributed by atoms with Crippen molar-refractivity contribution in [2.75, 3.05) is 13.7 Å². The van der Waals surface area contributed by atoms with Gasteiger partial charge in [0.05, 0.1) is 13.7 Å². The predicted octanol–water partition coefficient (Wildman–Crippen LogP) is 2.54. The van der Waals surface area contributed by atoms with Crippen LogP contribution >= 0.6 is 0 Å². The van der Waals surface area contributed by atoms with E-state index < -0.39 is 5.54 Å². The highest BCUT2D eigenvalue weighted by Crippen LogP contribution is 2.52. The number of esters is 2. The van der Waals surface area contributed by atoms with Gasteiger partial charge in [0.15, 0.2) is 0 Å². The molecule has 24 heavy (non-hydrogen) atoms. The first-order valence-electron chi connectivity index (χ1n) is 8.65. The van der Waals surface area contributed by atoms with E-state index in [0.717, 1.165) is 12.8 Å². The number of carbonyl (C=O) groups is 2. The van der Waals surface area contributed by atoms with Gasteiger partial charge < -0.3 is 9.47 Å². The summed E-state index contributed by atoms with van der Waals surface area (Å²) in [6.07, 6.45) is 2.78. The van der Waals surface area contributed by atoms with Gasteiger partial charge in [0.2, 0.25) is 0 Å². The first-order valence-corrected chi connectivity index (χ1v) is 8.65. The van der Waals surface area contributed by atoms with E-state index in [9.17, 15) is 9.59 Å². The molecule has 3 rings (SSSR count). The first kappa shape index (κ1) is 17.0. The van der Waals surface area contributed by atoms with Gasteiger partial charge in [-0.2, -0.15) is 0 Å². The number of hydrogen-bond donors (Lipinski definition) is 0. The third-order valence-corrected chi connectivity index (χ3v) is 5.44. The summed E-state index contributed by atoms with van der Waals surface area (Å²) in [4.78, 5) is 26.8. The molecule has 2 bridgehead atoms. The molecule has 2 saturated heterocycles. The molecule has 2 heterocycles. The minimum atomic E-state index is -0.591. The van der Waals surface area contributed by atoms with Crippen molar-refractivity contribution < 1.29 is 19.1 Å². The number of ether oxygens (including phenoxy) is 2. The Kier molecular flexibility index (Phi) is 4.90. The molecule has 1 aromatic rings. The van der Waals surface area contributed by atoms with Crippen LogP contribution in [-0.4, -0.2) is 42.1 Å². The molecule has 130 valence electrons. The highest BCUT2D eigenvalue weighted by atomic mass is 16.5. The van der Waals surface area contributed by atoms with Crippen molar-refractivity contribution in [1.82, 2.24) is 4.90 Å². The molecule has 3 unspecified atom stereocenters. The van der Waals surface area contributed by atoms with Gasteiger partial charge >= 0.3 is 11.9 Å². The van der Waals surface area contributed by atoms with Gasteiger partial charge in [0.25, 0.3) is 0 Å². The largest absolute Gasteiger partial charge is 0.468 e. The second-order valence-electron chi connectivity index (χ2n) is 6.72. The van der Waals surface area contributed by atoms with Gasteiger partial charge in [0.1, 0.15) is 5.54 Å². The van der Waals surface area contributed by atoms with Crippen LogP contribution in [0.5, 0.6) is 0 Å². The maximum atomic E-state index is 12.6. The molecule has 3 atom stereocenters. The third kappa shape index (κ3) is 2.93. The van der Waals surface area contributed by atoms with Crippen molar-refractivity contribution in [3.05, 3.63) is 35.9 Å². The lowest BCUT2D eigenvalue weighted by Gasteiger charge is -2.32. The lowest BCUT2D eigenvalue weighted by molar-refractivity contribution is -0.153. The lowest BCUT2D eigenvalue weighted by Crippen LogP contribution is -2.48. The number of carbonyl (C=O) groups excluding carboxylic acids is 2. The van der Waals surface area contributed by atoms with Gasteiger partial charge in [-0.25, -0.2) is 0 Å². The van der Waals surface area contributed by atoms with E-state index in [2.05, 4.69) is 17.0 Å². The van der Waals surface area contributed by atoms with E-state index >= 15 is 0 Å². The Balaban J connectivity index is 1.82. The van der Waals surface area contributed by atoms with Crippen molar-refractivity contribution in [1.29, 1.82) is 0 Å². The molecule has 0 saturated carbocycles. The van der Waals surface area contributed by atoms with Crippen LogP contribution in [-0.2, 0) is 25.6 Å². The van der Waals surface area contributed by atoms with Crippen molar-refractivity contribution in [3.63, 3.8) is 0 Å². The Hall–Kier alpha value is -1.88. The van der Waals surface area contributed by atoms with E-state index in [1.807, 2.05) is 25.1 Å². The zero-order valence-electron chi connectivity index (χ0n) is 14.4. The minimum absolute atomic E-state index is 0.153. The van der Waals surface area contributed by atoms with Crippen LogP contribution in [0, 0.1) is 5.92 Å². The zero-order valence-corrected chi connectivity index (χ0v) is 14.4. The van der Waals surface area contributed by atoms with Crippen molar-refractivity contribution >= 4 is 11.9 Å². The summed E-state index contributed by atoms with van der Waals surface area (Å²) >= 11 is 0. The van der Waals surface area contributed by atoms with Gasteiger partial charge in [-0.1, -0.05) is 30.3 Å². The standard InChI is InChI=1S/C19H25NO4/c1-3-24-17(21)11-15-12-19(18(22)23-2)10-9-16(15)20(19)13-14-7-5-4-6-8-14/h4-8,15-16H,3,9-13H2,1-2H3. The molecule has 0 aliphatic carbocycles. The molecule has 0 N–H and O–H groups in total. The molecule has 2 fully saturated rings. The van der Waals surface area contributed by atoms with Crippen LogP contribution in [0.2, 0.25) is 0 Å². The third-order valence-electron chi connectivity index (χ3n) is 5.44. The summed E-state index contributed by atoms with van der Waals surface area (Å²) in [5, 5.41) is 0. The summed E-state index contributed by atoms with van der Waals surface area (Å²) in [7, 11) is 1.45. The topological polar surface area (TPSA) is 55.8 Å². The number of fused-ring (bicyclic) bond motifs is 2. The van der Waals surface area contributed by atoms with Crippen molar-refractivity contribution in [2.45, 2.75) is 50.7 Å². The van der Waals surface area contributed by atoms with Gasteiger partial charge in [-0.15, -0.1) is 0 Å². The van der Waals surface area contributed by atoms with E-state index in [1.54, 1.807) is 0 Å². The zero-order chi connectivity index (χ0) is 17.2. The molecule has 2 aliphatic rings. The Morgan fingerprint density at radius 1 is 1.29 bits per heavy atom. The van der Waals surface area contributed by atoms with Crippen molar-refractivity contribution in [3.8, 4) is 0 Å². The number of methoxy groups -OCH3 is 1. The van der Waals surface area contributed by atoms with Crippen LogP contribution in [0.25, 0.3) is 0 Å². The van der Waals surface area contributed by atoms with Gasteiger partial charge in [-0.3, -0.25) is 14.5 Å². The average Bonchev–Trinajstić information content (AvgIpc) is 3.08. The first-order chi connectivity index (χ1) is 11.6. The summed E-state index contributed by atoms with van der Waals surface area (Å²) in [5.74, 6) is -0.192. The lowest BCUT2D eigenvalue weighted by atomic mass is 9.79. The van der Waals surface area contributed by atoms with Gasteiger partial charge in [-0.05, 0) is 37.7 Å². The highest BCUT2D eigenvalue weighted by molar-refractivity contribution is 5.82. The Bertz CT molecular complexity index is 603. The molecule has 5 nitrogen and oxygen atoms in total. The predicted molar refractivity (Wildman–Crippen MR) is 89.1 cm³/mol. The fourth-order valence-corrected chi connectivity index (χ4v) is 4.47. The summed E-state index contributed by atoms with van der Waals surface area (Å²) in [6.45, 7) is 2.92. The monoisotopic (exact) mass is 331 g/mol. The van der Waals surface area contributed by atoms with E-state index in [-0.39, 0.29) is 23.9 Å². The molecule has 1 aromatic carbocycles. The summed E-state index contributed by atoms with van der Waals surface area (Å²) < 4.78 is 10.2. The Morgan fingerprint density at radius 3 is 2.71 bits per heavy atom. The number of rotatable bonds is 6. The van der Waals surface area contributed by atoms with Crippen LogP contribution in [0.4, 0.5) is 0 Å². The second kappa shape index (κ2) is 6.93. The molecule has 0 radical (unpaired) electrons. The molecule has 5 heteroatoms. The number of benzene rings is 1. The molecule has 0 amide bonds. The number of nitrogens with zero attached hydrogens (tertiary/aromatic N) is 1. The Labute approximate surface area is 142 Å². The molecular formula is C19H25NO4. The van der Waals surface area contributed by atoms with Crippen molar-refractivity contribution in [2.24, 2.45) is 5.92 Å². The highest BCUT2D eigenvalue weighted by Gasteiger charge is 2.61. The van der Waals surface area contributed by atoms with Crippen LogP contribution < -0.4 is 0 Å². The minimum Gasteiger partial charge on any atom is -0.468 e.